The van der Waals surface area contributed by atoms with Gasteiger partial charge in [0.1, 0.15) is 0 Å². The van der Waals surface area contributed by atoms with Crippen LogP contribution in [0.15, 0.2) is 0 Å². The van der Waals surface area contributed by atoms with E-state index in [1.54, 1.807) is 0 Å². The Hall–Kier alpha value is -0.240. The van der Waals surface area contributed by atoms with Crippen molar-refractivity contribution in [3.8, 4) is 0 Å². The maximum absolute atomic E-state index is 2.58. The number of hydrogen-bond acceptors (Lipinski definition) is 6. The summed E-state index contributed by atoms with van der Waals surface area (Å²) in [4.78, 5) is 15.2. The van der Waals surface area contributed by atoms with E-state index in [0.717, 1.165) is 0 Å². The third kappa shape index (κ3) is 28.8. The van der Waals surface area contributed by atoms with Crippen LogP contribution in [0.5, 0.6) is 0 Å². The van der Waals surface area contributed by atoms with E-state index in [4.69, 9.17) is 0 Å². The second-order valence-corrected chi connectivity index (χ2v) is 24.0. The Bertz CT molecular complexity index is 831. The van der Waals surface area contributed by atoms with E-state index in [1.165, 1.54) is 149 Å². The number of nitrogens with zero attached hydrogens (tertiary/aromatic N) is 6. The molecule has 0 unspecified atom stereocenters. The molecule has 0 aliphatic carbocycles. The van der Waals surface area contributed by atoms with Crippen LogP contribution in [0, 0.1) is 5.41 Å². The zero-order chi connectivity index (χ0) is 42.7. The molecular weight excluding hydrogens is 673 g/mol. The maximum Gasteiger partial charge on any atom is 0.0126 e. The average molecular weight is 779 g/mol. The molecule has 5 saturated heterocycles. The van der Waals surface area contributed by atoms with Crippen LogP contribution in [0.2, 0.25) is 0 Å². The van der Waals surface area contributed by atoms with E-state index in [-0.39, 0.29) is 0 Å². The minimum absolute atomic E-state index is 0.362. The first kappa shape index (κ1) is 54.8. The first-order valence-electron chi connectivity index (χ1n) is 23.4. The van der Waals surface area contributed by atoms with Crippen molar-refractivity contribution >= 4 is 0 Å². The minimum Gasteiger partial charge on any atom is -0.304 e. The van der Waals surface area contributed by atoms with Gasteiger partial charge < -0.3 is 4.90 Å². The van der Waals surface area contributed by atoms with Gasteiger partial charge in [-0.05, 0) is 220 Å². The summed E-state index contributed by atoms with van der Waals surface area (Å²) in [5, 5.41) is 0. The molecule has 332 valence electrons. The molecule has 0 amide bonds. The Balaban J connectivity index is 0.000000644. The van der Waals surface area contributed by atoms with E-state index in [0.29, 0.717) is 33.1 Å². The van der Waals surface area contributed by atoms with Crippen molar-refractivity contribution in [2.24, 2.45) is 5.41 Å². The first-order chi connectivity index (χ1) is 24.9. The number of likely N-dealkylation sites (N-methyl/N-ethyl adjacent to an activating group) is 1. The fraction of sp³-hybridized carbons (Fsp3) is 1.00. The van der Waals surface area contributed by atoms with Crippen molar-refractivity contribution in [1.82, 2.24) is 29.4 Å². The molecule has 0 N–H and O–H groups in total. The predicted molar refractivity (Wildman–Crippen MR) is 250 cm³/mol. The highest BCUT2D eigenvalue weighted by Gasteiger charge is 2.26. The van der Waals surface area contributed by atoms with Crippen LogP contribution in [0.1, 0.15) is 202 Å². The Kier molecular flexibility index (Phi) is 25.3. The number of piperazine rings is 1. The van der Waals surface area contributed by atoms with E-state index in [9.17, 15) is 0 Å². The van der Waals surface area contributed by atoms with Gasteiger partial charge in [0.15, 0.2) is 0 Å². The molecule has 5 fully saturated rings. The van der Waals surface area contributed by atoms with Gasteiger partial charge in [-0.3, -0.25) is 24.5 Å². The lowest BCUT2D eigenvalue weighted by molar-refractivity contribution is 0.0735. The summed E-state index contributed by atoms with van der Waals surface area (Å²) in [7, 11) is 2.19. The molecule has 5 aliphatic heterocycles. The van der Waals surface area contributed by atoms with Gasteiger partial charge in [-0.2, -0.15) is 0 Å². The standard InChI is InChI=1S/C9H20N2.3C9H19N.C8H17N.C5H12/c1-9(2,3)11-7-5-10(4)6-8-11;3*1-9(2,3)10-7-5-4-6-8-10;1-8(2,3)9-6-4-5-7-9;1-5(2,3)4/h5-8H2,1-4H3;3*4-8H2,1-3H3;4-7H2,1-3H3;1-4H3. The summed E-state index contributed by atoms with van der Waals surface area (Å²) < 4.78 is 0. The number of piperidine rings is 3. The highest BCUT2D eigenvalue weighted by Crippen LogP contribution is 2.22. The Labute approximate surface area is 349 Å². The Morgan fingerprint density at radius 3 is 0.509 bits per heavy atom. The van der Waals surface area contributed by atoms with Gasteiger partial charge in [0, 0.05) is 53.9 Å². The second kappa shape index (κ2) is 25.4. The number of rotatable bonds is 0. The second-order valence-electron chi connectivity index (χ2n) is 24.0. The van der Waals surface area contributed by atoms with Crippen LogP contribution in [0.25, 0.3) is 0 Å². The lowest BCUT2D eigenvalue weighted by Gasteiger charge is -2.41. The van der Waals surface area contributed by atoms with Crippen LogP contribution in [-0.2, 0) is 0 Å². The van der Waals surface area contributed by atoms with E-state index < -0.39 is 0 Å². The minimum atomic E-state index is 0.362. The lowest BCUT2D eigenvalue weighted by Crippen LogP contribution is -2.52. The predicted octanol–water partition coefficient (Wildman–Crippen LogP) is 11.8. The monoisotopic (exact) mass is 779 g/mol. The zero-order valence-electron chi connectivity index (χ0n) is 41.9. The molecule has 0 radical (unpaired) electrons. The molecule has 0 atom stereocenters. The number of hydrogen-bond donors (Lipinski definition) is 0. The molecule has 0 bridgehead atoms. The van der Waals surface area contributed by atoms with E-state index in [1.807, 2.05) is 0 Å². The molecule has 5 rings (SSSR count). The number of likely N-dealkylation sites (tertiary alicyclic amines) is 4. The fourth-order valence-corrected chi connectivity index (χ4v) is 7.56. The molecule has 5 aliphatic rings. The first-order valence-corrected chi connectivity index (χ1v) is 23.4. The third-order valence-corrected chi connectivity index (χ3v) is 11.4. The molecule has 6 heteroatoms. The molecule has 0 aromatic heterocycles. The van der Waals surface area contributed by atoms with E-state index >= 15 is 0 Å². The van der Waals surface area contributed by atoms with Crippen molar-refractivity contribution < 1.29 is 0 Å². The molecular formula is C49H106N6. The Morgan fingerprint density at radius 1 is 0.218 bits per heavy atom. The molecule has 0 aromatic carbocycles. The summed E-state index contributed by atoms with van der Waals surface area (Å²) in [6.45, 7) is 58.6. The fourth-order valence-electron chi connectivity index (χ4n) is 7.56. The molecule has 5 heterocycles. The SMILES string of the molecule is CC(C)(C)C.CC(C)(C)N1CCCC1.CC(C)(C)N1CCCCC1.CC(C)(C)N1CCCCC1.CC(C)(C)N1CCCCC1.CN1CCN(C(C)(C)C)CC1. The van der Waals surface area contributed by atoms with Crippen LogP contribution in [0.3, 0.4) is 0 Å². The zero-order valence-corrected chi connectivity index (χ0v) is 41.9. The van der Waals surface area contributed by atoms with Gasteiger partial charge in [0.05, 0.1) is 0 Å². The van der Waals surface area contributed by atoms with Crippen molar-refractivity contribution in [3.63, 3.8) is 0 Å². The quantitative estimate of drug-likeness (QED) is 0.242. The topological polar surface area (TPSA) is 19.4 Å². The maximum atomic E-state index is 2.58. The molecule has 55 heavy (non-hydrogen) atoms. The normalized spacial score (nSPS) is 22.3. The largest absolute Gasteiger partial charge is 0.304 e. The van der Waals surface area contributed by atoms with Crippen LogP contribution in [0.4, 0.5) is 0 Å². The van der Waals surface area contributed by atoms with Crippen LogP contribution in [-0.4, -0.2) is 143 Å². The summed E-state index contributed by atoms with van der Waals surface area (Å²) >= 11 is 0. The summed E-state index contributed by atoms with van der Waals surface area (Å²) in [6.07, 6.45) is 15.5. The van der Waals surface area contributed by atoms with Gasteiger partial charge in [-0.15, -0.1) is 0 Å². The molecule has 0 aromatic rings. The molecule has 0 spiro atoms. The van der Waals surface area contributed by atoms with Crippen LogP contribution >= 0.6 is 0 Å². The van der Waals surface area contributed by atoms with Gasteiger partial charge in [-0.25, -0.2) is 0 Å². The molecule has 6 nitrogen and oxygen atoms in total. The summed E-state index contributed by atoms with van der Waals surface area (Å²) in [5.41, 5.74) is 2.49. The summed E-state index contributed by atoms with van der Waals surface area (Å²) in [5.74, 6) is 0. The van der Waals surface area contributed by atoms with Crippen molar-refractivity contribution in [3.05, 3.63) is 0 Å². The van der Waals surface area contributed by atoms with E-state index in [2.05, 4.69) is 168 Å². The Morgan fingerprint density at radius 2 is 0.364 bits per heavy atom. The van der Waals surface area contributed by atoms with Crippen LogP contribution < -0.4 is 0 Å². The molecule has 0 saturated carbocycles. The van der Waals surface area contributed by atoms with Crippen molar-refractivity contribution in [1.29, 1.82) is 0 Å². The lowest BCUT2D eigenvalue weighted by atomic mass is 10.0. The smallest absolute Gasteiger partial charge is 0.0126 e. The average Bonchev–Trinajstić information content (AvgIpc) is 3.62. The van der Waals surface area contributed by atoms with Gasteiger partial charge in [0.25, 0.3) is 0 Å². The van der Waals surface area contributed by atoms with Gasteiger partial charge in [-0.1, -0.05) is 47.0 Å². The van der Waals surface area contributed by atoms with Gasteiger partial charge in [0.2, 0.25) is 0 Å². The highest BCUT2D eigenvalue weighted by molar-refractivity contribution is 4.82. The van der Waals surface area contributed by atoms with Crippen molar-refractivity contribution in [2.75, 3.05) is 85.6 Å². The third-order valence-electron chi connectivity index (χ3n) is 11.4. The van der Waals surface area contributed by atoms with Crippen molar-refractivity contribution in [2.45, 2.75) is 230 Å². The summed E-state index contributed by atoms with van der Waals surface area (Å²) in [6, 6.07) is 0. The van der Waals surface area contributed by atoms with Gasteiger partial charge >= 0.3 is 0 Å². The highest BCUT2D eigenvalue weighted by atomic mass is 15.3.